The number of nitrogens with one attached hydrogen (secondary N) is 1. The van der Waals surface area contributed by atoms with Crippen molar-refractivity contribution in [2.45, 2.75) is 19.5 Å². The van der Waals surface area contributed by atoms with E-state index in [4.69, 9.17) is 34.8 Å². The highest BCUT2D eigenvalue weighted by Crippen LogP contribution is 2.29. The standard InChI is InChI=1S/C15H14Cl3FN2OS/c1-8(10-5-13(19)12(17)6-11(10)16)20-15(22)21(2)7-9-3-4-14(18)23-9/h3-6,8H,7H2,1-2H3,(H,20,22). The van der Waals surface area contributed by atoms with Crippen molar-refractivity contribution in [2.24, 2.45) is 0 Å². The molecule has 0 bridgehead atoms. The van der Waals surface area contributed by atoms with Gasteiger partial charge < -0.3 is 10.2 Å². The first kappa shape index (κ1) is 18.3. The van der Waals surface area contributed by atoms with Crippen LogP contribution in [0.2, 0.25) is 14.4 Å². The molecule has 8 heteroatoms. The highest BCUT2D eigenvalue weighted by Gasteiger charge is 2.18. The van der Waals surface area contributed by atoms with Crippen LogP contribution in [0.3, 0.4) is 0 Å². The van der Waals surface area contributed by atoms with E-state index in [2.05, 4.69) is 5.32 Å². The fourth-order valence-corrected chi connectivity index (χ4v) is 3.67. The largest absolute Gasteiger partial charge is 0.331 e. The van der Waals surface area contributed by atoms with Gasteiger partial charge in [-0.15, -0.1) is 11.3 Å². The van der Waals surface area contributed by atoms with Crippen LogP contribution < -0.4 is 5.32 Å². The Hall–Kier alpha value is -1.01. The van der Waals surface area contributed by atoms with E-state index in [0.717, 1.165) is 4.88 Å². The second kappa shape index (κ2) is 7.71. The van der Waals surface area contributed by atoms with Crippen LogP contribution in [0.15, 0.2) is 24.3 Å². The maximum Gasteiger partial charge on any atom is 0.317 e. The van der Waals surface area contributed by atoms with Crippen molar-refractivity contribution in [1.82, 2.24) is 10.2 Å². The molecule has 124 valence electrons. The van der Waals surface area contributed by atoms with Crippen LogP contribution in [0.5, 0.6) is 0 Å². The number of halogens is 4. The van der Waals surface area contributed by atoms with E-state index in [1.54, 1.807) is 20.0 Å². The lowest BCUT2D eigenvalue weighted by Crippen LogP contribution is -2.38. The minimum atomic E-state index is -0.575. The molecule has 1 aromatic heterocycles. The van der Waals surface area contributed by atoms with Crippen LogP contribution in [0.4, 0.5) is 9.18 Å². The van der Waals surface area contributed by atoms with Gasteiger partial charge in [0.2, 0.25) is 0 Å². The summed E-state index contributed by atoms with van der Waals surface area (Å²) in [5.74, 6) is -0.575. The van der Waals surface area contributed by atoms with Gasteiger partial charge in [0.1, 0.15) is 5.82 Å². The number of benzene rings is 1. The summed E-state index contributed by atoms with van der Waals surface area (Å²) in [5.41, 5.74) is 0.467. The predicted molar refractivity (Wildman–Crippen MR) is 94.2 cm³/mol. The second-order valence-corrected chi connectivity index (χ2v) is 7.63. The Kier molecular flexibility index (Phi) is 6.14. The molecule has 1 unspecified atom stereocenters. The summed E-state index contributed by atoms with van der Waals surface area (Å²) < 4.78 is 14.3. The Labute approximate surface area is 153 Å². The summed E-state index contributed by atoms with van der Waals surface area (Å²) in [7, 11) is 1.67. The number of urea groups is 1. The number of nitrogens with zero attached hydrogens (tertiary/aromatic N) is 1. The Balaban J connectivity index is 2.03. The quantitative estimate of drug-likeness (QED) is 0.657. The molecule has 0 spiro atoms. The van der Waals surface area contributed by atoms with Crippen LogP contribution in [-0.2, 0) is 6.54 Å². The smallest absolute Gasteiger partial charge is 0.317 e. The fourth-order valence-electron chi connectivity index (χ4n) is 1.99. The van der Waals surface area contributed by atoms with Gasteiger partial charge in [-0.2, -0.15) is 0 Å². The van der Waals surface area contributed by atoms with Gasteiger partial charge in [0.25, 0.3) is 0 Å². The highest BCUT2D eigenvalue weighted by molar-refractivity contribution is 7.16. The topological polar surface area (TPSA) is 32.3 Å². The molecule has 1 atom stereocenters. The van der Waals surface area contributed by atoms with Crippen molar-refractivity contribution in [3.8, 4) is 0 Å². The summed E-state index contributed by atoms with van der Waals surface area (Å²) in [6.07, 6.45) is 0. The predicted octanol–water partition coefficient (Wildman–Crippen LogP) is 5.75. The van der Waals surface area contributed by atoms with Gasteiger partial charge in [0.15, 0.2) is 0 Å². The molecule has 0 radical (unpaired) electrons. The molecule has 2 rings (SSSR count). The van der Waals surface area contributed by atoms with E-state index in [9.17, 15) is 9.18 Å². The lowest BCUT2D eigenvalue weighted by molar-refractivity contribution is 0.204. The second-order valence-electron chi connectivity index (χ2n) is 5.02. The lowest BCUT2D eigenvalue weighted by atomic mass is 10.1. The number of carbonyl (C=O) groups is 1. The number of hydrogen-bond donors (Lipinski definition) is 1. The average Bonchev–Trinajstić information content (AvgIpc) is 2.87. The summed E-state index contributed by atoms with van der Waals surface area (Å²) in [4.78, 5) is 14.7. The molecule has 0 saturated heterocycles. The van der Waals surface area contributed by atoms with Gasteiger partial charge in [-0.1, -0.05) is 34.8 Å². The maximum absolute atomic E-state index is 13.6. The summed E-state index contributed by atoms with van der Waals surface area (Å²) in [6, 6.07) is 5.45. The first-order valence-corrected chi connectivity index (χ1v) is 8.63. The highest BCUT2D eigenvalue weighted by atomic mass is 35.5. The first-order valence-electron chi connectivity index (χ1n) is 6.68. The van der Waals surface area contributed by atoms with Crippen LogP contribution in [0.1, 0.15) is 23.4 Å². The lowest BCUT2D eigenvalue weighted by Gasteiger charge is -2.22. The van der Waals surface area contributed by atoms with Gasteiger partial charge >= 0.3 is 6.03 Å². The van der Waals surface area contributed by atoms with Crippen molar-refractivity contribution in [3.05, 3.63) is 54.9 Å². The van der Waals surface area contributed by atoms with Crippen molar-refractivity contribution in [1.29, 1.82) is 0 Å². The number of rotatable bonds is 4. The number of thiophene rings is 1. The third-order valence-corrected chi connectivity index (χ3v) is 5.05. The Morgan fingerprint density at radius 1 is 1.30 bits per heavy atom. The molecular weight excluding hydrogens is 382 g/mol. The van der Waals surface area contributed by atoms with Crippen LogP contribution in [0, 0.1) is 5.82 Å². The molecule has 0 saturated carbocycles. The fraction of sp³-hybridized carbons (Fsp3) is 0.267. The van der Waals surface area contributed by atoms with Crippen LogP contribution in [0.25, 0.3) is 0 Å². The van der Waals surface area contributed by atoms with Gasteiger partial charge in [-0.25, -0.2) is 9.18 Å². The maximum atomic E-state index is 13.6. The van der Waals surface area contributed by atoms with Gasteiger partial charge in [0.05, 0.1) is 21.9 Å². The number of carbonyl (C=O) groups excluding carboxylic acids is 1. The third kappa shape index (κ3) is 4.73. The van der Waals surface area contributed by atoms with Crippen LogP contribution in [-0.4, -0.2) is 18.0 Å². The van der Waals surface area contributed by atoms with E-state index in [-0.39, 0.29) is 11.1 Å². The zero-order valence-electron chi connectivity index (χ0n) is 12.4. The molecule has 2 aromatic rings. The van der Waals surface area contributed by atoms with E-state index >= 15 is 0 Å². The summed E-state index contributed by atoms with van der Waals surface area (Å²) in [5, 5.41) is 3.03. The molecule has 0 fully saturated rings. The van der Waals surface area contributed by atoms with Crippen molar-refractivity contribution in [3.63, 3.8) is 0 Å². The Morgan fingerprint density at radius 3 is 2.61 bits per heavy atom. The van der Waals surface area contributed by atoms with Crippen molar-refractivity contribution in [2.75, 3.05) is 7.05 Å². The zero-order valence-corrected chi connectivity index (χ0v) is 15.5. The number of hydrogen-bond acceptors (Lipinski definition) is 2. The monoisotopic (exact) mass is 394 g/mol. The van der Waals surface area contributed by atoms with E-state index < -0.39 is 11.9 Å². The first-order chi connectivity index (χ1) is 10.8. The molecule has 3 nitrogen and oxygen atoms in total. The van der Waals surface area contributed by atoms with Crippen LogP contribution >= 0.6 is 46.1 Å². The van der Waals surface area contributed by atoms with Crippen molar-refractivity contribution >= 4 is 52.2 Å². The molecular formula is C15H14Cl3FN2OS. The molecule has 0 aliphatic rings. The third-order valence-electron chi connectivity index (χ3n) is 3.21. The zero-order chi connectivity index (χ0) is 17.1. The van der Waals surface area contributed by atoms with E-state index in [1.165, 1.54) is 28.4 Å². The normalized spacial score (nSPS) is 12.1. The van der Waals surface area contributed by atoms with Gasteiger partial charge in [-0.3, -0.25) is 0 Å². The van der Waals surface area contributed by atoms with E-state index in [0.29, 0.717) is 21.5 Å². The minimum absolute atomic E-state index is 0.0519. The molecule has 2 amide bonds. The SMILES string of the molecule is CC(NC(=O)N(C)Cc1ccc(Cl)s1)c1cc(F)c(Cl)cc1Cl. The number of amides is 2. The molecule has 0 aliphatic carbocycles. The molecule has 23 heavy (non-hydrogen) atoms. The minimum Gasteiger partial charge on any atom is -0.331 e. The summed E-state index contributed by atoms with van der Waals surface area (Å²) in [6.45, 7) is 2.15. The van der Waals surface area contributed by atoms with Gasteiger partial charge in [-0.05, 0) is 36.8 Å². The molecule has 1 heterocycles. The summed E-state index contributed by atoms with van der Waals surface area (Å²) >= 11 is 19.0. The van der Waals surface area contributed by atoms with Crippen molar-refractivity contribution < 1.29 is 9.18 Å². The Morgan fingerprint density at radius 2 is 2.00 bits per heavy atom. The van der Waals surface area contributed by atoms with Gasteiger partial charge in [0, 0.05) is 16.9 Å². The van der Waals surface area contributed by atoms with E-state index in [1.807, 2.05) is 6.07 Å². The average molecular weight is 396 g/mol. The Bertz CT molecular complexity index is 723. The molecule has 1 N–H and O–H groups in total. The molecule has 1 aromatic carbocycles. The molecule has 0 aliphatic heterocycles.